The van der Waals surface area contributed by atoms with Crippen molar-refractivity contribution >= 4 is 52.3 Å². The number of thiazole rings is 1. The molecule has 0 spiro atoms. The van der Waals surface area contributed by atoms with E-state index in [0.717, 1.165) is 39.6 Å². The van der Waals surface area contributed by atoms with Crippen LogP contribution in [-0.4, -0.2) is 44.3 Å². The second-order valence-electron chi connectivity index (χ2n) is 6.43. The topological polar surface area (TPSA) is 111 Å². The first-order valence-corrected chi connectivity index (χ1v) is 11.3. The Balaban J connectivity index is 0.00000363. The third-order valence-corrected chi connectivity index (χ3v) is 6.26. The first kappa shape index (κ1) is 25.4. The molecule has 2 aromatic heterocycles. The Kier molecular flexibility index (Phi) is 10.3. The van der Waals surface area contributed by atoms with Crippen molar-refractivity contribution in [3.05, 3.63) is 52.2 Å². The summed E-state index contributed by atoms with van der Waals surface area (Å²) in [6.45, 7) is 1.07. The number of aliphatic imine (C=N–C) groups is 1. The molecule has 0 aliphatic rings. The lowest BCUT2D eigenvalue weighted by atomic mass is 10.1. The van der Waals surface area contributed by atoms with Gasteiger partial charge in [0.05, 0.1) is 24.8 Å². The molecule has 4 N–H and O–H groups in total. The molecule has 172 valence electrons. The molecular formula is C21H26ClN5O3S2. The average Bonchev–Trinajstić information content (AvgIpc) is 3.43. The SMILES string of the molecule is COC(=O)NCCc1ccc(-c2csc(NC(N)=NCCc3ccccc3OC)n2)s1.Cl. The van der Waals surface area contributed by atoms with E-state index >= 15 is 0 Å². The van der Waals surface area contributed by atoms with Gasteiger partial charge in [-0.05, 0) is 36.6 Å². The van der Waals surface area contributed by atoms with Crippen molar-refractivity contribution in [2.45, 2.75) is 12.8 Å². The van der Waals surface area contributed by atoms with Crippen molar-refractivity contribution < 1.29 is 14.3 Å². The largest absolute Gasteiger partial charge is 0.496 e. The van der Waals surface area contributed by atoms with Crippen molar-refractivity contribution in [1.82, 2.24) is 10.3 Å². The van der Waals surface area contributed by atoms with Crippen LogP contribution in [0.15, 0.2) is 46.8 Å². The second-order valence-corrected chi connectivity index (χ2v) is 8.45. The average molecular weight is 496 g/mol. The van der Waals surface area contributed by atoms with Gasteiger partial charge < -0.3 is 25.8 Å². The van der Waals surface area contributed by atoms with Crippen LogP contribution in [0.25, 0.3) is 10.6 Å². The number of nitrogens with zero attached hydrogens (tertiary/aromatic N) is 2. The minimum Gasteiger partial charge on any atom is -0.496 e. The van der Waals surface area contributed by atoms with Gasteiger partial charge >= 0.3 is 6.09 Å². The highest BCUT2D eigenvalue weighted by molar-refractivity contribution is 7.17. The van der Waals surface area contributed by atoms with Crippen LogP contribution in [0.5, 0.6) is 5.75 Å². The van der Waals surface area contributed by atoms with Gasteiger partial charge in [-0.3, -0.25) is 4.99 Å². The van der Waals surface area contributed by atoms with Crippen LogP contribution in [0, 0.1) is 0 Å². The Morgan fingerprint density at radius 1 is 1.19 bits per heavy atom. The van der Waals surface area contributed by atoms with Gasteiger partial charge in [-0.2, -0.15) is 0 Å². The molecule has 0 aliphatic carbocycles. The number of halogens is 1. The first-order valence-electron chi connectivity index (χ1n) is 9.64. The number of amides is 1. The number of carbonyl (C=O) groups excluding carboxylic acids is 1. The molecule has 11 heteroatoms. The molecule has 0 saturated carbocycles. The number of carbonyl (C=O) groups is 1. The van der Waals surface area contributed by atoms with Crippen LogP contribution in [0.4, 0.5) is 9.93 Å². The zero-order valence-corrected chi connectivity index (χ0v) is 20.2. The van der Waals surface area contributed by atoms with E-state index in [1.807, 2.05) is 41.8 Å². The summed E-state index contributed by atoms with van der Waals surface area (Å²) in [5.74, 6) is 1.18. The summed E-state index contributed by atoms with van der Waals surface area (Å²) in [6, 6.07) is 11.9. The van der Waals surface area contributed by atoms with Gasteiger partial charge in [0.25, 0.3) is 0 Å². The Morgan fingerprint density at radius 3 is 2.78 bits per heavy atom. The number of alkyl carbamates (subject to hydrolysis) is 1. The number of guanidine groups is 1. The molecule has 0 saturated heterocycles. The number of thiophene rings is 1. The molecule has 0 fully saturated rings. The summed E-state index contributed by atoms with van der Waals surface area (Å²) in [6.07, 6.45) is 1.05. The monoisotopic (exact) mass is 495 g/mol. The van der Waals surface area contributed by atoms with E-state index in [1.54, 1.807) is 18.4 Å². The molecule has 3 aromatic rings. The molecule has 0 unspecified atom stereocenters. The van der Waals surface area contributed by atoms with Crippen molar-refractivity contribution in [3.8, 4) is 16.3 Å². The number of para-hydroxylation sites is 1. The molecule has 32 heavy (non-hydrogen) atoms. The number of ether oxygens (including phenoxy) is 2. The fourth-order valence-electron chi connectivity index (χ4n) is 2.81. The lowest BCUT2D eigenvalue weighted by molar-refractivity contribution is 0.171. The van der Waals surface area contributed by atoms with E-state index in [2.05, 4.69) is 25.3 Å². The van der Waals surface area contributed by atoms with E-state index in [0.29, 0.717) is 24.2 Å². The third-order valence-electron chi connectivity index (χ3n) is 4.34. The number of aromatic nitrogens is 1. The maximum absolute atomic E-state index is 11.1. The molecule has 0 aliphatic heterocycles. The molecular weight excluding hydrogens is 470 g/mol. The van der Waals surface area contributed by atoms with Gasteiger partial charge in [0.2, 0.25) is 0 Å². The van der Waals surface area contributed by atoms with E-state index in [4.69, 9.17) is 10.5 Å². The number of anilines is 1. The minimum atomic E-state index is -0.422. The van der Waals surface area contributed by atoms with Gasteiger partial charge in [0.1, 0.15) is 5.75 Å². The maximum atomic E-state index is 11.1. The van der Waals surface area contributed by atoms with E-state index in [-0.39, 0.29) is 12.4 Å². The van der Waals surface area contributed by atoms with Crippen LogP contribution < -0.4 is 21.1 Å². The molecule has 0 radical (unpaired) electrons. The molecule has 0 bridgehead atoms. The Labute approximate surface area is 201 Å². The highest BCUT2D eigenvalue weighted by Crippen LogP contribution is 2.31. The molecule has 0 atom stereocenters. The second kappa shape index (κ2) is 12.9. The Morgan fingerprint density at radius 2 is 2.00 bits per heavy atom. The molecule has 2 heterocycles. The summed E-state index contributed by atoms with van der Waals surface area (Å²) in [5, 5.41) is 8.40. The van der Waals surface area contributed by atoms with Crippen LogP contribution in [0.2, 0.25) is 0 Å². The van der Waals surface area contributed by atoms with E-state index in [9.17, 15) is 4.79 Å². The molecule has 8 nitrogen and oxygen atoms in total. The molecule has 3 rings (SSSR count). The summed E-state index contributed by atoms with van der Waals surface area (Å²) < 4.78 is 9.92. The smallest absolute Gasteiger partial charge is 0.406 e. The van der Waals surface area contributed by atoms with Crippen molar-refractivity contribution in [1.29, 1.82) is 0 Å². The van der Waals surface area contributed by atoms with Crippen molar-refractivity contribution in [2.75, 3.05) is 32.6 Å². The highest BCUT2D eigenvalue weighted by atomic mass is 35.5. The lowest BCUT2D eigenvalue weighted by Crippen LogP contribution is -2.24. The van der Waals surface area contributed by atoms with Gasteiger partial charge in [-0.25, -0.2) is 9.78 Å². The summed E-state index contributed by atoms with van der Waals surface area (Å²) in [4.78, 5) is 22.3. The fourth-order valence-corrected chi connectivity index (χ4v) is 4.57. The van der Waals surface area contributed by atoms with E-state index < -0.39 is 6.09 Å². The lowest BCUT2D eigenvalue weighted by Gasteiger charge is -2.06. The number of methoxy groups -OCH3 is 2. The van der Waals surface area contributed by atoms with Crippen molar-refractivity contribution in [3.63, 3.8) is 0 Å². The standard InChI is InChI=1S/C21H25N5O3S2.ClH/c1-28-17-6-4-3-5-14(17)9-11-23-19(22)26-20-25-16(13-30-20)18-8-7-15(31-18)10-12-24-21(27)29-2;/h3-8,13H,9-12H2,1-2H3,(H,24,27)(H3,22,23,25,26);1H. The van der Waals surface area contributed by atoms with Crippen LogP contribution in [0.1, 0.15) is 10.4 Å². The number of nitrogens with two attached hydrogens (primary N) is 1. The number of nitrogens with one attached hydrogen (secondary N) is 2. The number of rotatable bonds is 9. The quantitative estimate of drug-likeness (QED) is 0.303. The first-order chi connectivity index (χ1) is 15.1. The highest BCUT2D eigenvalue weighted by Gasteiger charge is 2.09. The molecule has 1 aromatic carbocycles. The maximum Gasteiger partial charge on any atom is 0.406 e. The zero-order valence-electron chi connectivity index (χ0n) is 17.8. The van der Waals surface area contributed by atoms with Crippen LogP contribution in [-0.2, 0) is 17.6 Å². The van der Waals surface area contributed by atoms with Crippen LogP contribution in [0.3, 0.4) is 0 Å². The summed E-state index contributed by atoms with van der Waals surface area (Å²) >= 11 is 3.12. The van der Waals surface area contributed by atoms with Gasteiger partial charge in [0.15, 0.2) is 11.1 Å². The Bertz CT molecular complexity index is 1040. The number of hydrogen-bond donors (Lipinski definition) is 3. The molecule has 1 amide bonds. The van der Waals surface area contributed by atoms with E-state index in [1.165, 1.54) is 18.4 Å². The fraction of sp³-hybridized carbons (Fsp3) is 0.286. The van der Waals surface area contributed by atoms with Gasteiger partial charge in [0, 0.05) is 23.3 Å². The Hall–Kier alpha value is -2.82. The predicted octanol–water partition coefficient (Wildman–Crippen LogP) is 4.17. The number of benzene rings is 1. The number of hydrogen-bond acceptors (Lipinski definition) is 7. The normalized spacial score (nSPS) is 10.9. The van der Waals surface area contributed by atoms with Crippen molar-refractivity contribution in [2.24, 2.45) is 10.7 Å². The van der Waals surface area contributed by atoms with Crippen LogP contribution >= 0.6 is 35.1 Å². The summed E-state index contributed by atoms with van der Waals surface area (Å²) in [7, 11) is 3.01. The predicted molar refractivity (Wildman–Crippen MR) is 134 cm³/mol. The minimum absolute atomic E-state index is 0. The van der Waals surface area contributed by atoms with Gasteiger partial charge in [-0.15, -0.1) is 35.1 Å². The van der Waals surface area contributed by atoms with Gasteiger partial charge in [-0.1, -0.05) is 18.2 Å². The third kappa shape index (κ3) is 7.40. The zero-order chi connectivity index (χ0) is 22.1. The summed E-state index contributed by atoms with van der Waals surface area (Å²) in [5.41, 5.74) is 7.99.